The number of nitrogens with zero attached hydrogens (tertiary/aromatic N) is 2. The van der Waals surface area contributed by atoms with Gasteiger partial charge in [-0.3, -0.25) is 19.3 Å². The minimum atomic E-state index is -0.646. The highest BCUT2D eigenvalue weighted by molar-refractivity contribution is 6.26. The van der Waals surface area contributed by atoms with E-state index in [1.165, 1.54) is 4.90 Å². The first-order valence-corrected chi connectivity index (χ1v) is 12.5. The van der Waals surface area contributed by atoms with E-state index in [4.69, 9.17) is 4.74 Å². The van der Waals surface area contributed by atoms with Gasteiger partial charge in [-0.2, -0.15) is 0 Å². The van der Waals surface area contributed by atoms with Crippen LogP contribution in [0.3, 0.4) is 0 Å². The molecular formula is C29H33N3O4. The quantitative estimate of drug-likeness (QED) is 0.403. The van der Waals surface area contributed by atoms with Gasteiger partial charge >= 0.3 is 0 Å². The molecule has 0 aromatic heterocycles. The molecule has 1 aliphatic rings. The fourth-order valence-electron chi connectivity index (χ4n) is 4.72. The molecule has 0 fully saturated rings. The van der Waals surface area contributed by atoms with Crippen molar-refractivity contribution in [2.75, 3.05) is 25.1 Å². The third-order valence-corrected chi connectivity index (χ3v) is 6.67. The fraction of sp³-hybridized carbons (Fsp3) is 0.345. The third kappa shape index (κ3) is 5.05. The Morgan fingerprint density at radius 3 is 2.42 bits per heavy atom. The van der Waals surface area contributed by atoms with E-state index in [1.807, 2.05) is 61.5 Å². The molecule has 7 heteroatoms. The van der Waals surface area contributed by atoms with Crippen LogP contribution >= 0.6 is 0 Å². The highest BCUT2D eigenvalue weighted by Crippen LogP contribution is 2.37. The van der Waals surface area contributed by atoms with Crippen LogP contribution in [0, 0.1) is 0 Å². The first kappa shape index (κ1) is 25.2. The highest BCUT2D eigenvalue weighted by atomic mass is 16.5. The Kier molecular flexibility index (Phi) is 7.88. The van der Waals surface area contributed by atoms with Crippen molar-refractivity contribution >= 4 is 34.2 Å². The summed E-state index contributed by atoms with van der Waals surface area (Å²) in [6, 6.07) is 18.1. The number of unbranched alkanes of at least 4 members (excludes halogenated alkanes) is 1. The van der Waals surface area contributed by atoms with E-state index in [-0.39, 0.29) is 30.8 Å². The van der Waals surface area contributed by atoms with Gasteiger partial charge in [-0.15, -0.1) is 0 Å². The molecule has 3 amide bonds. The fourth-order valence-corrected chi connectivity index (χ4v) is 4.72. The molecule has 0 spiro atoms. The summed E-state index contributed by atoms with van der Waals surface area (Å²) in [4.78, 5) is 43.3. The standard InChI is InChI=1S/C29H33N3O4/c1-4-6-17-30-28(34)24(5-2)31(18-20-13-15-22(36-3)16-14-20)26(33)19-32-25-12-8-10-21-9-7-11-23(27(21)25)29(32)35/h7-16,24H,4-6,17-19H2,1-3H3,(H,30,34)/t24-/m1/s1. The summed E-state index contributed by atoms with van der Waals surface area (Å²) in [6.07, 6.45) is 2.30. The van der Waals surface area contributed by atoms with Crippen LogP contribution in [-0.2, 0) is 16.1 Å². The summed E-state index contributed by atoms with van der Waals surface area (Å²) in [7, 11) is 1.60. The zero-order chi connectivity index (χ0) is 25.7. The van der Waals surface area contributed by atoms with Gasteiger partial charge in [0.15, 0.2) is 0 Å². The van der Waals surface area contributed by atoms with Gasteiger partial charge in [0.05, 0.1) is 12.8 Å². The van der Waals surface area contributed by atoms with Crippen LogP contribution in [0.4, 0.5) is 5.69 Å². The Hall–Kier alpha value is -3.87. The number of rotatable bonds is 11. The summed E-state index contributed by atoms with van der Waals surface area (Å²) in [5.41, 5.74) is 2.20. The largest absolute Gasteiger partial charge is 0.497 e. The number of nitrogens with one attached hydrogen (secondary N) is 1. The number of carbonyl (C=O) groups is 3. The molecule has 0 aliphatic carbocycles. The van der Waals surface area contributed by atoms with Crippen molar-refractivity contribution < 1.29 is 19.1 Å². The van der Waals surface area contributed by atoms with Crippen molar-refractivity contribution in [2.24, 2.45) is 0 Å². The lowest BCUT2D eigenvalue weighted by Crippen LogP contribution is -2.52. The van der Waals surface area contributed by atoms with Crippen LogP contribution in [0.1, 0.15) is 49.0 Å². The van der Waals surface area contributed by atoms with E-state index >= 15 is 0 Å². The molecule has 1 N–H and O–H groups in total. The second-order valence-electron chi connectivity index (χ2n) is 9.01. The maximum absolute atomic E-state index is 13.8. The molecular weight excluding hydrogens is 454 g/mol. The van der Waals surface area contributed by atoms with Crippen LogP contribution in [0.5, 0.6) is 5.75 Å². The Morgan fingerprint density at radius 2 is 1.75 bits per heavy atom. The molecule has 36 heavy (non-hydrogen) atoms. The summed E-state index contributed by atoms with van der Waals surface area (Å²) < 4.78 is 5.25. The normalized spacial score (nSPS) is 13.1. The summed E-state index contributed by atoms with van der Waals surface area (Å²) in [5, 5.41) is 4.80. The molecule has 4 rings (SSSR count). The molecule has 0 radical (unpaired) electrons. The van der Waals surface area contributed by atoms with E-state index in [0.29, 0.717) is 18.5 Å². The van der Waals surface area contributed by atoms with Crippen molar-refractivity contribution in [3.63, 3.8) is 0 Å². The third-order valence-electron chi connectivity index (χ3n) is 6.67. The van der Waals surface area contributed by atoms with E-state index < -0.39 is 6.04 Å². The minimum absolute atomic E-state index is 0.137. The Labute approximate surface area is 212 Å². The average Bonchev–Trinajstić information content (AvgIpc) is 3.17. The zero-order valence-electron chi connectivity index (χ0n) is 21.1. The number of carbonyl (C=O) groups excluding carboxylic acids is 3. The van der Waals surface area contributed by atoms with Gasteiger partial charge in [0.1, 0.15) is 18.3 Å². The van der Waals surface area contributed by atoms with Crippen molar-refractivity contribution in [1.82, 2.24) is 10.2 Å². The highest BCUT2D eigenvalue weighted by Gasteiger charge is 2.35. The Balaban J connectivity index is 1.61. The number of hydrogen-bond acceptors (Lipinski definition) is 4. The average molecular weight is 488 g/mol. The van der Waals surface area contributed by atoms with Crippen LogP contribution in [0.2, 0.25) is 0 Å². The van der Waals surface area contributed by atoms with Crippen LogP contribution < -0.4 is 15.0 Å². The van der Waals surface area contributed by atoms with Gasteiger partial charge in [-0.1, -0.05) is 56.7 Å². The molecule has 1 heterocycles. The number of amides is 3. The molecule has 1 aliphatic heterocycles. The lowest BCUT2D eigenvalue weighted by molar-refractivity contribution is -0.140. The van der Waals surface area contributed by atoms with Crippen molar-refractivity contribution in [3.8, 4) is 5.75 Å². The lowest BCUT2D eigenvalue weighted by atomic mass is 10.1. The molecule has 0 saturated heterocycles. The van der Waals surface area contributed by atoms with Gasteiger partial charge in [0.2, 0.25) is 11.8 Å². The number of methoxy groups -OCH3 is 1. The van der Waals surface area contributed by atoms with E-state index in [0.717, 1.165) is 40.6 Å². The second-order valence-corrected chi connectivity index (χ2v) is 9.01. The summed E-state index contributed by atoms with van der Waals surface area (Å²) in [6.45, 7) is 4.64. The maximum Gasteiger partial charge on any atom is 0.259 e. The number of benzene rings is 3. The number of ether oxygens (including phenoxy) is 1. The van der Waals surface area contributed by atoms with Crippen LogP contribution in [-0.4, -0.2) is 48.9 Å². The second kappa shape index (κ2) is 11.2. The predicted molar refractivity (Wildman–Crippen MR) is 141 cm³/mol. The van der Waals surface area contributed by atoms with Gasteiger partial charge in [0, 0.05) is 24.0 Å². The van der Waals surface area contributed by atoms with Gasteiger partial charge < -0.3 is 15.0 Å². The smallest absolute Gasteiger partial charge is 0.259 e. The van der Waals surface area contributed by atoms with E-state index in [2.05, 4.69) is 12.2 Å². The van der Waals surface area contributed by atoms with Crippen molar-refractivity contribution in [3.05, 3.63) is 71.8 Å². The molecule has 0 bridgehead atoms. The SMILES string of the molecule is CCCCNC(=O)[C@@H](CC)N(Cc1ccc(OC)cc1)C(=O)CN1C(=O)c2cccc3cccc1c23. The molecule has 3 aromatic carbocycles. The lowest BCUT2D eigenvalue weighted by Gasteiger charge is -2.32. The zero-order valence-corrected chi connectivity index (χ0v) is 21.1. The molecule has 188 valence electrons. The summed E-state index contributed by atoms with van der Waals surface area (Å²) in [5.74, 6) is 0.0712. The molecule has 3 aromatic rings. The first-order chi connectivity index (χ1) is 17.5. The molecule has 0 unspecified atom stereocenters. The van der Waals surface area contributed by atoms with Gasteiger partial charge in [-0.25, -0.2) is 0 Å². The number of hydrogen-bond donors (Lipinski definition) is 1. The summed E-state index contributed by atoms with van der Waals surface area (Å²) >= 11 is 0. The van der Waals surface area contributed by atoms with E-state index in [9.17, 15) is 14.4 Å². The maximum atomic E-state index is 13.8. The van der Waals surface area contributed by atoms with Crippen molar-refractivity contribution in [1.29, 1.82) is 0 Å². The van der Waals surface area contributed by atoms with Crippen molar-refractivity contribution in [2.45, 2.75) is 45.7 Å². The molecule has 1 atom stereocenters. The van der Waals surface area contributed by atoms with Gasteiger partial charge in [-0.05, 0) is 48.1 Å². The molecule has 7 nitrogen and oxygen atoms in total. The van der Waals surface area contributed by atoms with Crippen LogP contribution in [0.25, 0.3) is 10.8 Å². The van der Waals surface area contributed by atoms with Gasteiger partial charge in [0.25, 0.3) is 5.91 Å². The predicted octanol–water partition coefficient (Wildman–Crippen LogP) is 4.53. The monoisotopic (exact) mass is 487 g/mol. The van der Waals surface area contributed by atoms with Crippen LogP contribution in [0.15, 0.2) is 60.7 Å². The first-order valence-electron chi connectivity index (χ1n) is 12.5. The Morgan fingerprint density at radius 1 is 1.03 bits per heavy atom. The Bertz CT molecular complexity index is 1250. The van der Waals surface area contributed by atoms with E-state index in [1.54, 1.807) is 18.1 Å². The topological polar surface area (TPSA) is 79.0 Å². The molecule has 0 saturated carbocycles. The number of anilines is 1. The minimum Gasteiger partial charge on any atom is -0.497 e.